The van der Waals surface area contributed by atoms with Crippen molar-refractivity contribution in [3.63, 3.8) is 0 Å². The van der Waals surface area contributed by atoms with Crippen LogP contribution in [0.25, 0.3) is 0 Å². The standard InChI is InChI=1S/C23H35N3O6S/c1-6-33(29,30)24-18-9-10-20-19(11-18)23(28)25(4)13-21(31-5)15(2)12-26(16(3)14-32-20)22(27)17-7-8-17/h9-11,15-17,21,24H,6-8,12-14H2,1-5H3/t15-,16-,21+/m1/s1. The second kappa shape index (κ2) is 10.3. The van der Waals surface area contributed by atoms with Crippen molar-refractivity contribution in [3.8, 4) is 5.75 Å². The Hall–Kier alpha value is -2.33. The van der Waals surface area contributed by atoms with Crippen molar-refractivity contribution in [1.29, 1.82) is 0 Å². The number of carbonyl (C=O) groups is 2. The van der Waals surface area contributed by atoms with E-state index in [0.717, 1.165) is 12.8 Å². The van der Waals surface area contributed by atoms with E-state index in [-0.39, 0.29) is 53.7 Å². The Kier molecular flexibility index (Phi) is 7.89. The summed E-state index contributed by atoms with van der Waals surface area (Å²) in [6, 6.07) is 4.46. The number of fused-ring (bicyclic) bond motifs is 1. The summed E-state index contributed by atoms with van der Waals surface area (Å²) < 4.78 is 38.2. The smallest absolute Gasteiger partial charge is 0.257 e. The number of benzene rings is 1. The highest BCUT2D eigenvalue weighted by Gasteiger charge is 2.37. The number of sulfonamides is 1. The molecule has 0 unspecified atom stereocenters. The van der Waals surface area contributed by atoms with E-state index in [4.69, 9.17) is 9.47 Å². The number of nitrogens with one attached hydrogen (secondary N) is 1. The first-order chi connectivity index (χ1) is 15.6. The second-order valence-electron chi connectivity index (χ2n) is 9.08. The van der Waals surface area contributed by atoms with Crippen LogP contribution in [0, 0.1) is 11.8 Å². The molecule has 2 aliphatic rings. The Balaban J connectivity index is 1.96. The lowest BCUT2D eigenvalue weighted by atomic mass is 10.0. The monoisotopic (exact) mass is 481 g/mol. The Labute approximate surface area is 196 Å². The molecule has 0 radical (unpaired) electrons. The molecule has 1 fully saturated rings. The van der Waals surface area contributed by atoms with Gasteiger partial charge >= 0.3 is 0 Å². The van der Waals surface area contributed by atoms with Crippen LogP contribution in [0.4, 0.5) is 5.69 Å². The molecule has 1 saturated carbocycles. The van der Waals surface area contributed by atoms with Crippen LogP contribution in [0.2, 0.25) is 0 Å². The molecule has 2 amide bonds. The normalized spacial score (nSPS) is 24.9. The molecule has 10 heteroatoms. The highest BCUT2D eigenvalue weighted by Crippen LogP contribution is 2.33. The van der Waals surface area contributed by atoms with E-state index >= 15 is 0 Å². The molecule has 3 atom stereocenters. The van der Waals surface area contributed by atoms with Crippen molar-refractivity contribution in [1.82, 2.24) is 9.80 Å². The van der Waals surface area contributed by atoms with E-state index in [9.17, 15) is 18.0 Å². The molecule has 3 rings (SSSR count). The third-order valence-corrected chi connectivity index (χ3v) is 7.61. The topological polar surface area (TPSA) is 105 Å². The minimum absolute atomic E-state index is 0.00278. The predicted molar refractivity (Wildman–Crippen MR) is 126 cm³/mol. The number of hydrogen-bond acceptors (Lipinski definition) is 6. The van der Waals surface area contributed by atoms with Crippen LogP contribution < -0.4 is 9.46 Å². The van der Waals surface area contributed by atoms with Crippen molar-refractivity contribution in [3.05, 3.63) is 23.8 Å². The van der Waals surface area contributed by atoms with E-state index < -0.39 is 10.0 Å². The Morgan fingerprint density at radius 2 is 1.94 bits per heavy atom. The number of amides is 2. The van der Waals surface area contributed by atoms with Crippen molar-refractivity contribution < 1.29 is 27.5 Å². The lowest BCUT2D eigenvalue weighted by Crippen LogP contribution is -2.49. The van der Waals surface area contributed by atoms with Gasteiger partial charge in [0.2, 0.25) is 15.9 Å². The SMILES string of the molecule is CCS(=O)(=O)Nc1ccc2c(c1)C(=O)N(C)C[C@H](OC)[C@H](C)CN(C(=O)C1CC1)[C@H](C)CO2. The molecule has 1 heterocycles. The van der Waals surface area contributed by atoms with Gasteiger partial charge in [-0.05, 0) is 44.9 Å². The molecule has 9 nitrogen and oxygen atoms in total. The first kappa shape index (κ1) is 25.3. The minimum Gasteiger partial charge on any atom is -0.491 e. The molecule has 33 heavy (non-hydrogen) atoms. The molecule has 0 saturated heterocycles. The maximum absolute atomic E-state index is 13.3. The molecule has 1 aliphatic carbocycles. The van der Waals surface area contributed by atoms with Crippen LogP contribution in [0.15, 0.2) is 18.2 Å². The summed E-state index contributed by atoms with van der Waals surface area (Å²) in [7, 11) is -0.214. The van der Waals surface area contributed by atoms with Crippen LogP contribution in [0.5, 0.6) is 5.75 Å². The van der Waals surface area contributed by atoms with Crippen LogP contribution in [0.1, 0.15) is 44.0 Å². The largest absolute Gasteiger partial charge is 0.491 e. The fraction of sp³-hybridized carbons (Fsp3) is 0.652. The summed E-state index contributed by atoms with van der Waals surface area (Å²) in [6.07, 6.45) is 1.56. The zero-order valence-electron chi connectivity index (χ0n) is 20.0. The lowest BCUT2D eigenvalue weighted by molar-refractivity contribution is -0.136. The Morgan fingerprint density at radius 1 is 1.24 bits per heavy atom. The van der Waals surface area contributed by atoms with E-state index in [0.29, 0.717) is 24.5 Å². The van der Waals surface area contributed by atoms with Gasteiger partial charge in [0.1, 0.15) is 12.4 Å². The van der Waals surface area contributed by atoms with Crippen LogP contribution in [-0.2, 0) is 19.6 Å². The maximum Gasteiger partial charge on any atom is 0.257 e. The summed E-state index contributed by atoms with van der Waals surface area (Å²) >= 11 is 0. The average Bonchev–Trinajstić information content (AvgIpc) is 3.63. The molecule has 1 aromatic carbocycles. The van der Waals surface area contributed by atoms with Gasteiger partial charge in [-0.25, -0.2) is 8.42 Å². The highest BCUT2D eigenvalue weighted by atomic mass is 32.2. The van der Waals surface area contributed by atoms with Gasteiger partial charge in [-0.3, -0.25) is 14.3 Å². The first-order valence-corrected chi connectivity index (χ1v) is 13.1. The third-order valence-electron chi connectivity index (χ3n) is 6.31. The third kappa shape index (κ3) is 6.17. The second-order valence-corrected chi connectivity index (χ2v) is 11.1. The fourth-order valence-corrected chi connectivity index (χ4v) is 4.59. The number of methoxy groups -OCH3 is 1. The summed E-state index contributed by atoms with van der Waals surface area (Å²) in [5, 5.41) is 0. The molecule has 184 valence electrons. The summed E-state index contributed by atoms with van der Waals surface area (Å²) in [5.74, 6) is 0.190. The van der Waals surface area contributed by atoms with Gasteiger partial charge in [0.15, 0.2) is 0 Å². The quantitative estimate of drug-likeness (QED) is 0.691. The van der Waals surface area contributed by atoms with Gasteiger partial charge in [-0.15, -0.1) is 0 Å². The van der Waals surface area contributed by atoms with Crippen LogP contribution in [-0.4, -0.2) is 81.8 Å². The number of likely N-dealkylation sites (N-methyl/N-ethyl adjacent to an activating group) is 1. The van der Waals surface area contributed by atoms with E-state index in [1.807, 2.05) is 18.7 Å². The first-order valence-electron chi connectivity index (χ1n) is 11.4. The van der Waals surface area contributed by atoms with Gasteiger partial charge in [-0.2, -0.15) is 0 Å². The Bertz CT molecular complexity index is 978. The number of nitrogens with zero attached hydrogens (tertiary/aromatic N) is 2. The van der Waals surface area contributed by atoms with E-state index in [1.54, 1.807) is 38.1 Å². The molecule has 0 spiro atoms. The number of rotatable bonds is 5. The van der Waals surface area contributed by atoms with Crippen molar-refractivity contribution in [2.75, 3.05) is 44.3 Å². The fourth-order valence-electron chi connectivity index (χ4n) is 3.96. The number of carbonyl (C=O) groups excluding carboxylic acids is 2. The molecule has 1 aliphatic heterocycles. The average molecular weight is 482 g/mol. The van der Waals surface area contributed by atoms with E-state index in [1.165, 1.54) is 6.07 Å². The van der Waals surface area contributed by atoms with Gasteiger partial charge in [-0.1, -0.05) is 6.92 Å². The van der Waals surface area contributed by atoms with Gasteiger partial charge in [0.05, 0.1) is 23.5 Å². The molecule has 1 N–H and O–H groups in total. The lowest BCUT2D eigenvalue weighted by Gasteiger charge is -2.36. The van der Waals surface area contributed by atoms with Gasteiger partial charge in [0.25, 0.3) is 5.91 Å². The van der Waals surface area contributed by atoms with Crippen LogP contribution >= 0.6 is 0 Å². The molecule has 0 aromatic heterocycles. The van der Waals surface area contributed by atoms with Gasteiger partial charge < -0.3 is 19.3 Å². The molecular weight excluding hydrogens is 446 g/mol. The molecular formula is C23H35N3O6S. The zero-order valence-corrected chi connectivity index (χ0v) is 20.9. The maximum atomic E-state index is 13.3. The summed E-state index contributed by atoms with van der Waals surface area (Å²) in [4.78, 5) is 29.7. The summed E-state index contributed by atoms with van der Waals surface area (Å²) in [6.45, 7) is 6.56. The predicted octanol–water partition coefficient (Wildman–Crippen LogP) is 2.19. The highest BCUT2D eigenvalue weighted by molar-refractivity contribution is 7.92. The number of ether oxygens (including phenoxy) is 2. The van der Waals surface area contributed by atoms with Crippen molar-refractivity contribution >= 4 is 27.5 Å². The van der Waals surface area contributed by atoms with Crippen molar-refractivity contribution in [2.24, 2.45) is 11.8 Å². The summed E-state index contributed by atoms with van der Waals surface area (Å²) in [5.41, 5.74) is 0.549. The molecule has 0 bridgehead atoms. The van der Waals surface area contributed by atoms with Crippen molar-refractivity contribution in [2.45, 2.75) is 45.8 Å². The van der Waals surface area contributed by atoms with Gasteiger partial charge in [0, 0.05) is 44.8 Å². The number of anilines is 1. The van der Waals surface area contributed by atoms with Crippen LogP contribution in [0.3, 0.4) is 0 Å². The minimum atomic E-state index is -3.50. The zero-order chi connectivity index (χ0) is 24.3. The van der Waals surface area contributed by atoms with E-state index in [2.05, 4.69) is 4.72 Å². The number of hydrogen-bond donors (Lipinski definition) is 1. The molecule has 1 aromatic rings. The Morgan fingerprint density at radius 3 is 2.55 bits per heavy atom.